The van der Waals surface area contributed by atoms with E-state index in [1.165, 1.54) is 0 Å². The average molecular weight is 321 g/mol. The lowest BCUT2D eigenvalue weighted by Crippen LogP contribution is -2.05. The van der Waals surface area contributed by atoms with Gasteiger partial charge in [0.2, 0.25) is 0 Å². The van der Waals surface area contributed by atoms with Gasteiger partial charge in [0.05, 0.1) is 0 Å². The molecule has 0 aliphatic heterocycles. The van der Waals surface area contributed by atoms with Crippen LogP contribution in [0.5, 0.6) is 0 Å². The summed E-state index contributed by atoms with van der Waals surface area (Å²) in [5.41, 5.74) is 3.12. The molecule has 3 heteroatoms. The zero-order valence-corrected chi connectivity index (χ0v) is 12.6. The van der Waals surface area contributed by atoms with Crippen LogP contribution in [0.1, 0.15) is 32.6 Å². The zero-order valence-electron chi connectivity index (χ0n) is 11.1. The molecule has 0 bridgehead atoms. The van der Waals surface area contributed by atoms with Gasteiger partial charge in [-0.25, -0.2) is 4.39 Å². The maximum absolute atomic E-state index is 13.6. The van der Waals surface area contributed by atoms with Gasteiger partial charge in [-0.2, -0.15) is 0 Å². The van der Waals surface area contributed by atoms with Crippen LogP contribution < -0.4 is 0 Å². The van der Waals surface area contributed by atoms with Gasteiger partial charge in [0.15, 0.2) is 5.78 Å². The molecular formula is C16H14BrFO. The lowest BCUT2D eigenvalue weighted by molar-refractivity contribution is 0.103. The Labute approximate surface area is 120 Å². The fourth-order valence-corrected chi connectivity index (χ4v) is 2.47. The van der Waals surface area contributed by atoms with Gasteiger partial charge in [-0.05, 0) is 56.2 Å². The molecule has 0 radical (unpaired) electrons. The van der Waals surface area contributed by atoms with Crippen LogP contribution in [0, 0.1) is 26.6 Å². The van der Waals surface area contributed by atoms with Crippen molar-refractivity contribution in [3.63, 3.8) is 0 Å². The number of ketones is 1. The summed E-state index contributed by atoms with van der Waals surface area (Å²) in [6.45, 7) is 5.28. The summed E-state index contributed by atoms with van der Waals surface area (Å²) in [5.74, 6) is -0.346. The second-order valence-electron chi connectivity index (χ2n) is 4.74. The first kappa shape index (κ1) is 13.9. The first-order valence-corrected chi connectivity index (χ1v) is 6.77. The Bertz CT molecular complexity index is 639. The van der Waals surface area contributed by atoms with Crippen molar-refractivity contribution >= 4 is 21.7 Å². The number of carbonyl (C=O) groups excluding carboxylic acids is 1. The van der Waals surface area contributed by atoms with Gasteiger partial charge in [0.25, 0.3) is 0 Å². The Morgan fingerprint density at radius 1 is 1.05 bits per heavy atom. The largest absolute Gasteiger partial charge is 0.289 e. The minimum absolute atomic E-state index is 0.0956. The van der Waals surface area contributed by atoms with Gasteiger partial charge in [-0.15, -0.1) is 0 Å². The van der Waals surface area contributed by atoms with Crippen molar-refractivity contribution in [1.82, 2.24) is 0 Å². The second-order valence-corrected chi connectivity index (χ2v) is 5.59. The number of benzene rings is 2. The number of aryl methyl sites for hydroxylation is 3. The molecule has 0 amide bonds. The van der Waals surface area contributed by atoms with Crippen LogP contribution in [0.15, 0.2) is 34.8 Å². The molecule has 0 saturated carbocycles. The third-order valence-corrected chi connectivity index (χ3v) is 3.76. The highest BCUT2D eigenvalue weighted by atomic mass is 79.9. The summed E-state index contributed by atoms with van der Waals surface area (Å²) in [7, 11) is 0. The van der Waals surface area contributed by atoms with E-state index in [-0.39, 0.29) is 11.6 Å². The van der Waals surface area contributed by atoms with Crippen molar-refractivity contribution in [3.05, 3.63) is 68.4 Å². The summed E-state index contributed by atoms with van der Waals surface area (Å²) in [6.07, 6.45) is 0. The first-order chi connectivity index (χ1) is 8.90. The Hall–Kier alpha value is -1.48. The van der Waals surface area contributed by atoms with Crippen LogP contribution in [0.2, 0.25) is 0 Å². The SMILES string of the molecule is Cc1ccc(Br)c(C(=O)c2cc(C)c(F)c(C)c2)c1. The summed E-state index contributed by atoms with van der Waals surface area (Å²) >= 11 is 3.38. The molecular weight excluding hydrogens is 307 g/mol. The van der Waals surface area contributed by atoms with Crippen LogP contribution in [-0.4, -0.2) is 5.78 Å². The highest BCUT2D eigenvalue weighted by Gasteiger charge is 2.15. The van der Waals surface area contributed by atoms with E-state index in [0.29, 0.717) is 22.3 Å². The molecule has 0 spiro atoms. The van der Waals surface area contributed by atoms with Crippen molar-refractivity contribution < 1.29 is 9.18 Å². The molecule has 0 aromatic heterocycles. The van der Waals surface area contributed by atoms with Gasteiger partial charge < -0.3 is 0 Å². The molecule has 2 aromatic rings. The van der Waals surface area contributed by atoms with Crippen molar-refractivity contribution in [3.8, 4) is 0 Å². The smallest absolute Gasteiger partial charge is 0.194 e. The summed E-state index contributed by atoms with van der Waals surface area (Å²) in [5, 5.41) is 0. The molecule has 0 aliphatic rings. The third kappa shape index (κ3) is 2.76. The topological polar surface area (TPSA) is 17.1 Å². The van der Waals surface area contributed by atoms with E-state index >= 15 is 0 Å². The standard InChI is InChI=1S/C16H14BrFO/c1-9-4-5-14(17)13(6-9)16(19)12-7-10(2)15(18)11(3)8-12/h4-8H,1-3H3. The predicted molar refractivity (Wildman–Crippen MR) is 78.2 cm³/mol. The number of carbonyl (C=O) groups is 1. The molecule has 1 nitrogen and oxygen atoms in total. The molecule has 0 fully saturated rings. The maximum atomic E-state index is 13.6. The van der Waals surface area contributed by atoms with Crippen molar-refractivity contribution in [1.29, 1.82) is 0 Å². The quantitative estimate of drug-likeness (QED) is 0.730. The van der Waals surface area contributed by atoms with E-state index in [4.69, 9.17) is 0 Å². The van der Waals surface area contributed by atoms with E-state index in [9.17, 15) is 9.18 Å². The van der Waals surface area contributed by atoms with E-state index in [0.717, 1.165) is 10.0 Å². The summed E-state index contributed by atoms with van der Waals surface area (Å²) in [6, 6.07) is 8.81. The van der Waals surface area contributed by atoms with Crippen molar-refractivity contribution in [2.75, 3.05) is 0 Å². The highest BCUT2D eigenvalue weighted by molar-refractivity contribution is 9.10. The molecule has 0 N–H and O–H groups in total. The van der Waals surface area contributed by atoms with Gasteiger partial charge >= 0.3 is 0 Å². The first-order valence-electron chi connectivity index (χ1n) is 5.97. The minimum atomic E-state index is -0.250. The van der Waals surface area contributed by atoms with Crippen LogP contribution in [0.3, 0.4) is 0 Å². The normalized spacial score (nSPS) is 10.6. The average Bonchev–Trinajstić information content (AvgIpc) is 2.37. The second kappa shape index (κ2) is 5.25. The van der Waals surface area contributed by atoms with E-state index < -0.39 is 0 Å². The van der Waals surface area contributed by atoms with Crippen LogP contribution >= 0.6 is 15.9 Å². The van der Waals surface area contributed by atoms with E-state index in [1.54, 1.807) is 26.0 Å². The van der Waals surface area contributed by atoms with E-state index in [2.05, 4.69) is 15.9 Å². The summed E-state index contributed by atoms with van der Waals surface area (Å²) in [4.78, 5) is 12.5. The lowest BCUT2D eigenvalue weighted by Gasteiger charge is -2.08. The maximum Gasteiger partial charge on any atom is 0.194 e. The third-order valence-electron chi connectivity index (χ3n) is 3.07. The molecule has 0 aliphatic carbocycles. The number of hydrogen-bond donors (Lipinski definition) is 0. The number of hydrogen-bond acceptors (Lipinski definition) is 1. The lowest BCUT2D eigenvalue weighted by atomic mass is 9.98. The predicted octanol–water partition coefficient (Wildman–Crippen LogP) is 4.74. The van der Waals surface area contributed by atoms with Gasteiger partial charge in [0.1, 0.15) is 5.82 Å². The zero-order chi connectivity index (χ0) is 14.2. The van der Waals surface area contributed by atoms with Crippen molar-refractivity contribution in [2.24, 2.45) is 0 Å². The Kier molecular flexibility index (Phi) is 3.85. The van der Waals surface area contributed by atoms with E-state index in [1.807, 2.05) is 25.1 Å². The molecule has 0 saturated heterocycles. The fraction of sp³-hybridized carbons (Fsp3) is 0.188. The monoisotopic (exact) mass is 320 g/mol. The van der Waals surface area contributed by atoms with Crippen LogP contribution in [-0.2, 0) is 0 Å². The molecule has 2 rings (SSSR count). The molecule has 19 heavy (non-hydrogen) atoms. The molecule has 2 aromatic carbocycles. The highest BCUT2D eigenvalue weighted by Crippen LogP contribution is 2.23. The van der Waals surface area contributed by atoms with Gasteiger partial charge in [0, 0.05) is 15.6 Å². The van der Waals surface area contributed by atoms with Crippen LogP contribution in [0.25, 0.3) is 0 Å². The molecule has 0 unspecified atom stereocenters. The van der Waals surface area contributed by atoms with Gasteiger partial charge in [-0.3, -0.25) is 4.79 Å². The van der Waals surface area contributed by atoms with Gasteiger partial charge in [-0.1, -0.05) is 27.6 Å². The van der Waals surface area contributed by atoms with Crippen molar-refractivity contribution in [2.45, 2.75) is 20.8 Å². The Morgan fingerprint density at radius 3 is 2.21 bits per heavy atom. The fourth-order valence-electron chi connectivity index (χ4n) is 2.05. The molecule has 98 valence electrons. The molecule has 0 heterocycles. The number of halogens is 2. The Morgan fingerprint density at radius 2 is 1.63 bits per heavy atom. The Balaban J connectivity index is 2.53. The molecule has 0 atom stereocenters. The summed E-state index contributed by atoms with van der Waals surface area (Å²) < 4.78 is 14.4. The minimum Gasteiger partial charge on any atom is -0.289 e. The van der Waals surface area contributed by atoms with Crippen LogP contribution in [0.4, 0.5) is 4.39 Å². The number of rotatable bonds is 2.